The van der Waals surface area contributed by atoms with E-state index in [1.54, 1.807) is 24.3 Å². The molecule has 1 aromatic heterocycles. The van der Waals surface area contributed by atoms with Crippen LogP contribution in [0.2, 0.25) is 5.02 Å². The van der Waals surface area contributed by atoms with Crippen LogP contribution in [0.25, 0.3) is 10.0 Å². The average molecular weight is 376 g/mol. The first kappa shape index (κ1) is 15.0. The van der Waals surface area contributed by atoms with Gasteiger partial charge < -0.3 is 0 Å². The number of aromatic nitrogens is 1. The van der Waals surface area contributed by atoms with Crippen LogP contribution in [0.15, 0.2) is 54.7 Å². The molecular weight excluding hydrogens is 363 g/mol. The minimum atomic E-state index is -0.217. The third-order valence-corrected chi connectivity index (χ3v) is 5.57. The number of nitrogens with one attached hydrogen (secondary N) is 1. The van der Waals surface area contributed by atoms with Crippen LogP contribution in [0.1, 0.15) is 15.9 Å². The molecule has 3 aromatic rings. The van der Waals surface area contributed by atoms with E-state index >= 15 is 0 Å². The van der Waals surface area contributed by atoms with Gasteiger partial charge in [-0.15, -0.1) is 0 Å². The first-order valence-electron chi connectivity index (χ1n) is 6.73. The summed E-state index contributed by atoms with van der Waals surface area (Å²) in [6.07, 6.45) is 1.84. The second-order valence-corrected chi connectivity index (χ2v) is 7.35. The molecule has 2 aromatic carbocycles. The molecule has 0 aliphatic rings. The van der Waals surface area contributed by atoms with Crippen LogP contribution in [-0.2, 0) is 0 Å². The van der Waals surface area contributed by atoms with Crippen molar-refractivity contribution >= 4 is 36.7 Å². The fourth-order valence-corrected chi connectivity index (χ4v) is 4.23. The molecule has 3 nitrogen and oxygen atoms in total. The van der Waals surface area contributed by atoms with Gasteiger partial charge in [0.15, 0.2) is 0 Å². The molecule has 1 N–H and O–H groups in total. The number of amides is 1. The maximum absolute atomic E-state index is 12.2. The molecule has 0 saturated carbocycles. The van der Waals surface area contributed by atoms with Gasteiger partial charge in [-0.2, -0.15) is 0 Å². The molecule has 22 heavy (non-hydrogen) atoms. The molecule has 0 radical (unpaired) electrons. The van der Waals surface area contributed by atoms with Crippen molar-refractivity contribution in [3.8, 4) is 10.0 Å². The Morgan fingerprint density at radius 1 is 1.14 bits per heavy atom. The molecular formula is C17H13ClN2OSe. The number of anilines is 1. The standard InChI is InChI=1S/C17H13ClN2OSe/c1-11-6-2-3-7-12(11)15-10-19-17(22-15)20-16(21)13-8-4-5-9-14(13)18/h2-10H,1H3,(H,19,20,21). The molecule has 1 amide bonds. The number of nitrogens with zero attached hydrogens (tertiary/aromatic N) is 1. The second kappa shape index (κ2) is 6.49. The van der Waals surface area contributed by atoms with E-state index in [2.05, 4.69) is 29.4 Å². The SMILES string of the molecule is Cc1ccccc1-c1cnc(NC(=O)c2ccccc2Cl)[se]1. The number of hydrogen-bond acceptors (Lipinski definition) is 2. The molecule has 0 aliphatic carbocycles. The van der Waals surface area contributed by atoms with Crippen molar-refractivity contribution in [2.45, 2.75) is 6.92 Å². The summed E-state index contributed by atoms with van der Waals surface area (Å²) >= 11 is 6.03. The Balaban J connectivity index is 1.82. The minimum absolute atomic E-state index is 0.0109. The fraction of sp³-hybridized carbons (Fsp3) is 0.0588. The number of carbonyl (C=O) groups excluding carboxylic acids is 1. The van der Waals surface area contributed by atoms with E-state index in [0.29, 0.717) is 15.3 Å². The van der Waals surface area contributed by atoms with Gasteiger partial charge in [-0.3, -0.25) is 0 Å². The second-order valence-electron chi connectivity index (χ2n) is 4.78. The summed E-state index contributed by atoms with van der Waals surface area (Å²) in [5.41, 5.74) is 2.87. The van der Waals surface area contributed by atoms with Crippen LogP contribution in [-0.4, -0.2) is 25.4 Å². The number of benzene rings is 2. The Kier molecular flexibility index (Phi) is 4.44. The predicted molar refractivity (Wildman–Crippen MR) is 90.8 cm³/mol. The molecule has 0 unspecified atom stereocenters. The summed E-state index contributed by atoms with van der Waals surface area (Å²) in [4.78, 5) is 16.6. The van der Waals surface area contributed by atoms with Gasteiger partial charge in [0.25, 0.3) is 0 Å². The van der Waals surface area contributed by atoms with Crippen molar-refractivity contribution in [2.75, 3.05) is 5.32 Å². The molecule has 0 saturated heterocycles. The first-order chi connectivity index (χ1) is 10.6. The van der Waals surface area contributed by atoms with Crippen LogP contribution < -0.4 is 5.32 Å². The van der Waals surface area contributed by atoms with E-state index in [-0.39, 0.29) is 20.4 Å². The molecule has 0 bridgehead atoms. The van der Waals surface area contributed by atoms with Crippen LogP contribution >= 0.6 is 11.6 Å². The summed E-state index contributed by atoms with van der Waals surface area (Å²) in [6.45, 7) is 2.08. The van der Waals surface area contributed by atoms with Crippen molar-refractivity contribution in [1.82, 2.24) is 4.98 Å². The van der Waals surface area contributed by atoms with Crippen molar-refractivity contribution in [3.05, 3.63) is 70.9 Å². The van der Waals surface area contributed by atoms with Crippen molar-refractivity contribution in [2.24, 2.45) is 0 Å². The zero-order valence-electron chi connectivity index (χ0n) is 11.8. The molecule has 1 heterocycles. The van der Waals surface area contributed by atoms with E-state index in [9.17, 15) is 4.79 Å². The van der Waals surface area contributed by atoms with Crippen LogP contribution in [0.4, 0.5) is 4.69 Å². The van der Waals surface area contributed by atoms with E-state index in [4.69, 9.17) is 11.6 Å². The van der Waals surface area contributed by atoms with Gasteiger partial charge in [0, 0.05) is 0 Å². The first-order valence-corrected chi connectivity index (χ1v) is 8.82. The Hall–Kier alpha value is -1.87. The van der Waals surface area contributed by atoms with Gasteiger partial charge in [0.05, 0.1) is 0 Å². The number of halogens is 1. The normalized spacial score (nSPS) is 10.5. The topological polar surface area (TPSA) is 42.0 Å². The van der Waals surface area contributed by atoms with Gasteiger partial charge in [0.2, 0.25) is 0 Å². The summed E-state index contributed by atoms with van der Waals surface area (Å²) in [5.74, 6) is -0.217. The quantitative estimate of drug-likeness (QED) is 0.703. The Morgan fingerprint density at radius 2 is 1.86 bits per heavy atom. The molecule has 0 atom stereocenters. The van der Waals surface area contributed by atoms with E-state index in [1.165, 1.54) is 15.6 Å². The number of aryl methyl sites for hydroxylation is 1. The van der Waals surface area contributed by atoms with Crippen molar-refractivity contribution in [1.29, 1.82) is 0 Å². The molecule has 3 rings (SSSR count). The number of hydrogen-bond donors (Lipinski definition) is 1. The third-order valence-electron chi connectivity index (χ3n) is 3.26. The summed E-state index contributed by atoms with van der Waals surface area (Å²) in [7, 11) is 0. The zero-order valence-corrected chi connectivity index (χ0v) is 14.3. The van der Waals surface area contributed by atoms with Crippen molar-refractivity contribution in [3.63, 3.8) is 0 Å². The summed E-state index contributed by atoms with van der Waals surface area (Å²) in [6, 6.07) is 15.2. The molecule has 0 spiro atoms. The van der Waals surface area contributed by atoms with Gasteiger partial charge >= 0.3 is 140 Å². The van der Waals surface area contributed by atoms with Crippen LogP contribution in [0.3, 0.4) is 0 Å². The summed E-state index contributed by atoms with van der Waals surface area (Å²) in [5, 5.41) is 3.30. The fourth-order valence-electron chi connectivity index (χ4n) is 2.12. The summed E-state index contributed by atoms with van der Waals surface area (Å²) < 4.78 is 1.87. The average Bonchev–Trinajstić information content (AvgIpc) is 2.96. The van der Waals surface area contributed by atoms with E-state index in [0.717, 1.165) is 0 Å². The Bertz CT molecular complexity index is 829. The Morgan fingerprint density at radius 3 is 2.64 bits per heavy atom. The Labute approximate surface area is 139 Å². The molecule has 0 aliphatic heterocycles. The zero-order chi connectivity index (χ0) is 15.5. The molecule has 5 heteroatoms. The third kappa shape index (κ3) is 3.14. The molecule has 0 fully saturated rings. The predicted octanol–water partition coefficient (Wildman–Crippen LogP) is 4.02. The van der Waals surface area contributed by atoms with Gasteiger partial charge in [-0.25, -0.2) is 0 Å². The van der Waals surface area contributed by atoms with E-state index < -0.39 is 0 Å². The van der Waals surface area contributed by atoms with Gasteiger partial charge in [-0.1, -0.05) is 0 Å². The van der Waals surface area contributed by atoms with E-state index in [1.807, 2.05) is 18.3 Å². The molecule has 110 valence electrons. The number of rotatable bonds is 3. The van der Waals surface area contributed by atoms with Gasteiger partial charge in [0.1, 0.15) is 0 Å². The number of carbonyl (C=O) groups is 1. The maximum atomic E-state index is 12.2. The monoisotopic (exact) mass is 376 g/mol. The van der Waals surface area contributed by atoms with Gasteiger partial charge in [-0.05, 0) is 0 Å². The van der Waals surface area contributed by atoms with Crippen LogP contribution in [0.5, 0.6) is 0 Å². The van der Waals surface area contributed by atoms with Crippen LogP contribution in [0, 0.1) is 6.92 Å². The van der Waals surface area contributed by atoms with Crippen molar-refractivity contribution < 1.29 is 4.79 Å².